The Morgan fingerprint density at radius 3 is 2.50 bits per heavy atom. The number of carboxylic acid groups (broad SMARTS) is 1. The van der Waals surface area contributed by atoms with Crippen LogP contribution in [0.5, 0.6) is 5.75 Å². The molecule has 3 rings (SSSR count). The summed E-state index contributed by atoms with van der Waals surface area (Å²) in [5.41, 5.74) is 3.36. The van der Waals surface area contributed by atoms with Crippen LogP contribution in [0.2, 0.25) is 0 Å². The Morgan fingerprint density at radius 1 is 1.22 bits per heavy atom. The molecule has 2 aromatic rings. The molecule has 0 spiro atoms. The third-order valence-corrected chi connectivity index (χ3v) is 7.57. The molecule has 1 aliphatic carbocycles. The van der Waals surface area contributed by atoms with E-state index in [1.54, 1.807) is 6.07 Å². The lowest BCUT2D eigenvalue weighted by Crippen LogP contribution is -2.17. The third kappa shape index (κ3) is 9.70. The zero-order chi connectivity index (χ0) is 26.7. The summed E-state index contributed by atoms with van der Waals surface area (Å²) in [6, 6.07) is 13.4. The molecule has 0 bridgehead atoms. The van der Waals surface area contributed by atoms with Crippen molar-refractivity contribution in [3.63, 3.8) is 0 Å². The number of benzene rings is 2. The molecule has 1 fully saturated rings. The Labute approximate surface area is 212 Å². The van der Waals surface area contributed by atoms with Gasteiger partial charge >= 0.3 is 0 Å². The molecule has 0 saturated heterocycles. The average Bonchev–Trinajstić information content (AvgIpc) is 3.28. The number of carbonyl (C=O) groups is 2. The summed E-state index contributed by atoms with van der Waals surface area (Å²) in [4.78, 5) is 20.5. The van der Waals surface area contributed by atoms with Gasteiger partial charge in [0.2, 0.25) is 10.0 Å². The van der Waals surface area contributed by atoms with E-state index in [1.807, 2.05) is 18.2 Å². The van der Waals surface area contributed by atoms with Gasteiger partial charge in [-0.3, -0.25) is 9.59 Å². The number of primary sulfonamides is 1. The summed E-state index contributed by atoms with van der Waals surface area (Å²) in [6.45, 7) is 1.94. The number of ether oxygens (including phenoxy) is 1. The molecule has 1 saturated carbocycles. The Hall–Kier alpha value is -2.78. The first-order valence-electron chi connectivity index (χ1n) is 12.1. The van der Waals surface area contributed by atoms with E-state index in [0.29, 0.717) is 29.9 Å². The minimum absolute atomic E-state index is 0.0266. The number of nitrogens with two attached hydrogens (primary N) is 1. The van der Waals surface area contributed by atoms with Crippen molar-refractivity contribution in [1.29, 1.82) is 0 Å². The van der Waals surface area contributed by atoms with Gasteiger partial charge in [-0.15, -0.1) is 0 Å². The molecule has 1 aliphatic rings. The van der Waals surface area contributed by atoms with Crippen molar-refractivity contribution in [2.75, 3.05) is 12.9 Å². The number of sulfonamides is 1. The predicted octanol–water partition coefficient (Wildman–Crippen LogP) is 4.79. The van der Waals surface area contributed by atoms with Gasteiger partial charge < -0.3 is 9.84 Å². The number of ketones is 1. The molecular formula is C27H36FNO6S. The minimum atomic E-state index is -3.51. The van der Waals surface area contributed by atoms with Gasteiger partial charge in [-0.05, 0) is 78.7 Å². The number of hydrogen-bond acceptors (Lipinski definition) is 5. The van der Waals surface area contributed by atoms with E-state index >= 15 is 0 Å². The van der Waals surface area contributed by atoms with E-state index in [9.17, 15) is 17.6 Å². The van der Waals surface area contributed by atoms with Gasteiger partial charge in [0.1, 0.15) is 5.78 Å². The van der Waals surface area contributed by atoms with Crippen LogP contribution in [0.25, 0.3) is 0 Å². The van der Waals surface area contributed by atoms with E-state index in [-0.39, 0.29) is 36.7 Å². The van der Waals surface area contributed by atoms with E-state index in [4.69, 9.17) is 19.8 Å². The Kier molecular flexibility index (Phi) is 11.5. The lowest BCUT2D eigenvalue weighted by atomic mass is 9.87. The van der Waals surface area contributed by atoms with Gasteiger partial charge in [-0.2, -0.15) is 0 Å². The highest BCUT2D eigenvalue weighted by Gasteiger charge is 2.27. The predicted molar refractivity (Wildman–Crippen MR) is 137 cm³/mol. The molecule has 198 valence electrons. The van der Waals surface area contributed by atoms with Crippen molar-refractivity contribution >= 4 is 22.3 Å². The maximum Gasteiger partial charge on any atom is 0.290 e. The molecule has 0 radical (unpaired) electrons. The number of methoxy groups -OCH3 is 1. The van der Waals surface area contributed by atoms with Crippen LogP contribution in [-0.2, 0) is 26.0 Å². The number of halogens is 1. The molecule has 3 N–H and O–H groups in total. The van der Waals surface area contributed by atoms with Crippen molar-refractivity contribution in [2.45, 2.75) is 63.7 Å². The first kappa shape index (κ1) is 29.5. The fraction of sp³-hybridized carbons (Fsp3) is 0.481. The topological polar surface area (TPSA) is 124 Å². The van der Waals surface area contributed by atoms with Crippen molar-refractivity contribution in [2.24, 2.45) is 11.1 Å². The minimum Gasteiger partial charge on any atom is -0.494 e. The van der Waals surface area contributed by atoms with Crippen molar-refractivity contribution in [3.05, 3.63) is 65.0 Å². The molecule has 0 aliphatic heterocycles. The molecule has 0 unspecified atom stereocenters. The highest BCUT2D eigenvalue weighted by atomic mass is 32.2. The molecule has 2 aromatic carbocycles. The second kappa shape index (κ2) is 14.1. The fourth-order valence-electron chi connectivity index (χ4n) is 4.91. The number of rotatable bonds is 11. The summed E-state index contributed by atoms with van der Waals surface area (Å²) in [5, 5.41) is 11.9. The van der Waals surface area contributed by atoms with Crippen molar-refractivity contribution < 1.29 is 32.2 Å². The van der Waals surface area contributed by atoms with Crippen molar-refractivity contribution in [3.8, 4) is 5.75 Å². The zero-order valence-electron chi connectivity index (χ0n) is 20.9. The number of Topliss-reactive ketones (excluding diaryl/α,β-unsaturated/α-hetero) is 1. The van der Waals surface area contributed by atoms with E-state index in [2.05, 4.69) is 19.1 Å². The Morgan fingerprint density at radius 2 is 1.89 bits per heavy atom. The van der Waals surface area contributed by atoms with Gasteiger partial charge in [0.15, 0.2) is 11.6 Å². The summed E-state index contributed by atoms with van der Waals surface area (Å²) in [7, 11) is -2.02. The van der Waals surface area contributed by atoms with Gasteiger partial charge in [0.05, 0.1) is 12.9 Å². The first-order valence-corrected chi connectivity index (χ1v) is 13.8. The van der Waals surface area contributed by atoms with Gasteiger partial charge in [-0.1, -0.05) is 37.3 Å². The second-order valence-corrected chi connectivity index (χ2v) is 11.2. The van der Waals surface area contributed by atoms with E-state index in [1.165, 1.54) is 25.2 Å². The van der Waals surface area contributed by atoms with Gasteiger partial charge in [0, 0.05) is 12.8 Å². The molecule has 7 nitrogen and oxygen atoms in total. The Bertz CT molecular complexity index is 1100. The van der Waals surface area contributed by atoms with Crippen LogP contribution in [0.15, 0.2) is 42.5 Å². The zero-order valence-corrected chi connectivity index (χ0v) is 21.7. The fourth-order valence-corrected chi connectivity index (χ4v) is 5.45. The maximum absolute atomic E-state index is 13.7. The first-order chi connectivity index (χ1) is 17.1. The number of hydrogen-bond donors (Lipinski definition) is 2. The summed E-state index contributed by atoms with van der Waals surface area (Å²) in [5.74, 6) is 1.32. The van der Waals surface area contributed by atoms with Crippen LogP contribution in [0, 0.1) is 11.7 Å². The average molecular weight is 522 g/mol. The van der Waals surface area contributed by atoms with E-state index < -0.39 is 10.0 Å². The lowest BCUT2D eigenvalue weighted by Gasteiger charge is -2.18. The Balaban J connectivity index is 0.00000145. The third-order valence-electron chi connectivity index (χ3n) is 6.71. The molecule has 0 aromatic heterocycles. The summed E-state index contributed by atoms with van der Waals surface area (Å²) in [6.07, 6.45) is 5.33. The molecule has 36 heavy (non-hydrogen) atoms. The molecule has 9 heteroatoms. The van der Waals surface area contributed by atoms with E-state index in [0.717, 1.165) is 30.4 Å². The van der Waals surface area contributed by atoms with Crippen molar-refractivity contribution in [1.82, 2.24) is 0 Å². The normalized spacial score (nSPS) is 18.1. The summed E-state index contributed by atoms with van der Waals surface area (Å²) >= 11 is 0. The molecule has 3 atom stereocenters. The van der Waals surface area contributed by atoms with Gasteiger partial charge in [0.25, 0.3) is 6.47 Å². The van der Waals surface area contributed by atoms with Crippen LogP contribution in [0.4, 0.5) is 4.39 Å². The van der Waals surface area contributed by atoms with Gasteiger partial charge in [-0.25, -0.2) is 17.9 Å². The highest BCUT2D eigenvalue weighted by molar-refractivity contribution is 7.89. The SMILES string of the molecule is COc1cc([C@@H](C)C[C@H]2CC[C@@H](c3ccc(CC(=O)CCCS(N)(=O)=O)cc3)C2)ccc1F.O=CO. The maximum atomic E-state index is 13.7. The largest absolute Gasteiger partial charge is 0.494 e. The van der Waals surface area contributed by atoms with Crippen LogP contribution in [-0.4, -0.2) is 38.6 Å². The second-order valence-electron chi connectivity index (χ2n) is 9.44. The van der Waals surface area contributed by atoms with Crippen LogP contribution in [0.3, 0.4) is 0 Å². The standard InChI is InChI=1S/C26H34FNO4S.CH2O2/c1-18(22-11-12-25(27)26(17-22)32-2)14-20-7-10-23(15-20)21-8-5-19(6-9-21)16-24(29)4-3-13-33(28,30)31;2-1-3/h5-6,8-9,11-12,17-18,20,23H,3-4,7,10,13-16H2,1-2H3,(H2,28,30,31);1H,(H,2,3)/t18-,20+,23+;/m0./s1. The summed E-state index contributed by atoms with van der Waals surface area (Å²) < 4.78 is 40.8. The smallest absolute Gasteiger partial charge is 0.290 e. The molecule has 0 amide bonds. The molecule has 0 heterocycles. The number of carbonyl (C=O) groups excluding carboxylic acids is 1. The van der Waals surface area contributed by atoms with Crippen LogP contribution in [0.1, 0.15) is 74.0 Å². The van der Waals surface area contributed by atoms with Crippen LogP contribution < -0.4 is 9.88 Å². The monoisotopic (exact) mass is 521 g/mol. The molecular weight excluding hydrogens is 485 g/mol. The lowest BCUT2D eigenvalue weighted by molar-refractivity contribution is -0.123. The highest BCUT2D eigenvalue weighted by Crippen LogP contribution is 2.42. The van der Waals surface area contributed by atoms with Crippen LogP contribution >= 0.6 is 0 Å². The quantitative estimate of drug-likeness (QED) is 0.410.